The van der Waals surface area contributed by atoms with Crippen LogP contribution in [0.3, 0.4) is 0 Å². The molecule has 2 N–H and O–H groups in total. The van der Waals surface area contributed by atoms with Gasteiger partial charge in [0.1, 0.15) is 5.52 Å². The lowest BCUT2D eigenvalue weighted by Crippen LogP contribution is -2.26. The van der Waals surface area contributed by atoms with Crippen molar-refractivity contribution in [2.45, 2.75) is 39.4 Å². The van der Waals surface area contributed by atoms with Crippen LogP contribution in [0.5, 0.6) is 11.5 Å². The first-order valence-electron chi connectivity index (χ1n) is 9.54. The van der Waals surface area contributed by atoms with E-state index in [1.54, 1.807) is 12.1 Å². The molecule has 1 aliphatic heterocycles. The summed E-state index contributed by atoms with van der Waals surface area (Å²) in [6.45, 7) is 7.92. The van der Waals surface area contributed by atoms with Crippen LogP contribution in [0.15, 0.2) is 48.1 Å². The molecule has 0 unspecified atom stereocenters. The fourth-order valence-corrected chi connectivity index (χ4v) is 3.46. The topological polar surface area (TPSA) is 87.6 Å². The van der Waals surface area contributed by atoms with Gasteiger partial charge < -0.3 is 15.2 Å². The fourth-order valence-electron chi connectivity index (χ4n) is 3.46. The lowest BCUT2D eigenvalue weighted by atomic mass is 10.0. The lowest BCUT2D eigenvalue weighted by molar-refractivity contribution is -0.286. The summed E-state index contributed by atoms with van der Waals surface area (Å²) in [5.41, 5.74) is 8.92. The van der Waals surface area contributed by atoms with Gasteiger partial charge in [0.2, 0.25) is 5.95 Å². The van der Waals surface area contributed by atoms with E-state index < -0.39 is 6.29 Å². The van der Waals surface area contributed by atoms with Crippen molar-refractivity contribution in [1.29, 1.82) is 0 Å². The Morgan fingerprint density at radius 2 is 2.10 bits per heavy atom. The fraction of sp³-hybridized carbons (Fsp3) is 0.286. The first-order chi connectivity index (χ1) is 14.3. The van der Waals surface area contributed by atoms with E-state index in [0.717, 1.165) is 18.4 Å². The number of hydrogen-bond donors (Lipinski definition) is 1. The van der Waals surface area contributed by atoms with Crippen LogP contribution >= 0.6 is 0 Å². The van der Waals surface area contributed by atoms with E-state index in [9.17, 15) is 8.78 Å². The zero-order valence-electron chi connectivity index (χ0n) is 16.7. The molecule has 9 heteroatoms. The first kappa shape index (κ1) is 19.8. The molecule has 1 aliphatic rings. The number of alkyl halides is 2. The van der Waals surface area contributed by atoms with Gasteiger partial charge in [-0.05, 0) is 31.1 Å². The zero-order chi connectivity index (χ0) is 21.5. The Balaban J connectivity index is 1.82. The molecule has 0 fully saturated rings. The van der Waals surface area contributed by atoms with E-state index in [0.29, 0.717) is 23.3 Å². The van der Waals surface area contributed by atoms with Crippen molar-refractivity contribution in [3.05, 3.63) is 53.9 Å². The summed E-state index contributed by atoms with van der Waals surface area (Å²) in [6, 6.07) is 2.99. The Bertz CT molecular complexity index is 1210. The van der Waals surface area contributed by atoms with Crippen LogP contribution in [0.2, 0.25) is 0 Å². The van der Waals surface area contributed by atoms with Crippen molar-refractivity contribution >= 4 is 22.5 Å². The molecule has 4 rings (SSSR count). The molecule has 1 aromatic carbocycles. The number of aromatic nitrogens is 4. The van der Waals surface area contributed by atoms with Crippen molar-refractivity contribution in [3.8, 4) is 11.5 Å². The third-order valence-corrected chi connectivity index (χ3v) is 4.84. The minimum Gasteiger partial charge on any atom is -0.395 e. The molecule has 30 heavy (non-hydrogen) atoms. The molecule has 0 saturated carbocycles. The van der Waals surface area contributed by atoms with E-state index in [1.165, 1.54) is 16.2 Å². The first-order valence-corrected chi connectivity index (χ1v) is 9.54. The SMILES string of the molecule is C=C/C=C\C(Cc1nc2c3ccc4c(c3nc(N)n2n1)OC(F)(F)O4)=C(\C)CCC. The Hall–Kier alpha value is -3.49. The maximum atomic E-state index is 13.5. The number of nitrogen functional groups attached to an aromatic ring is 1. The zero-order valence-corrected chi connectivity index (χ0v) is 16.7. The number of halogens is 2. The number of anilines is 1. The smallest absolute Gasteiger partial charge is 0.395 e. The quantitative estimate of drug-likeness (QED) is 0.595. The number of rotatable bonds is 6. The van der Waals surface area contributed by atoms with Crippen LogP contribution in [-0.2, 0) is 6.42 Å². The summed E-state index contributed by atoms with van der Waals surface area (Å²) < 4.78 is 37.6. The highest BCUT2D eigenvalue weighted by Gasteiger charge is 2.44. The maximum Gasteiger partial charge on any atom is 0.586 e. The highest BCUT2D eigenvalue weighted by Crippen LogP contribution is 2.45. The molecule has 0 aliphatic carbocycles. The predicted molar refractivity (Wildman–Crippen MR) is 110 cm³/mol. The van der Waals surface area contributed by atoms with Crippen LogP contribution in [-0.4, -0.2) is 25.9 Å². The molecule has 0 saturated heterocycles. The number of ether oxygens (including phenoxy) is 2. The number of nitrogens with two attached hydrogens (primary N) is 1. The number of hydrogen-bond acceptors (Lipinski definition) is 6. The molecular weight excluding hydrogens is 392 g/mol. The second kappa shape index (κ2) is 7.40. The monoisotopic (exact) mass is 413 g/mol. The summed E-state index contributed by atoms with van der Waals surface area (Å²) >= 11 is 0. The standard InChI is InChI=1S/C21H21F2N5O2/c1-4-6-8-13(12(3)7-5-2)11-16-25-19-14-9-10-15-18(30-21(22,23)29-15)17(14)26-20(24)28(19)27-16/h4,6,8-10H,1,5,7,11H2,2-3H3,(H2,24,26)/b8-6-,13-12+. The van der Waals surface area contributed by atoms with Gasteiger partial charge in [0.15, 0.2) is 23.0 Å². The van der Waals surface area contributed by atoms with Crippen molar-refractivity contribution < 1.29 is 18.3 Å². The molecule has 7 nitrogen and oxygen atoms in total. The van der Waals surface area contributed by atoms with Crippen LogP contribution in [0.4, 0.5) is 14.7 Å². The highest BCUT2D eigenvalue weighted by atomic mass is 19.3. The number of fused-ring (bicyclic) bond motifs is 5. The van der Waals surface area contributed by atoms with Crippen molar-refractivity contribution in [3.63, 3.8) is 0 Å². The number of allylic oxidation sites excluding steroid dienone is 5. The Morgan fingerprint density at radius 3 is 2.83 bits per heavy atom. The van der Waals surface area contributed by atoms with Crippen molar-refractivity contribution in [2.75, 3.05) is 5.73 Å². The van der Waals surface area contributed by atoms with E-state index in [1.807, 2.05) is 12.2 Å². The minimum absolute atomic E-state index is 0.0147. The van der Waals surface area contributed by atoms with E-state index in [4.69, 9.17) is 5.73 Å². The number of nitrogens with zero attached hydrogens (tertiary/aromatic N) is 4. The van der Waals surface area contributed by atoms with Gasteiger partial charge >= 0.3 is 6.29 Å². The molecule has 0 spiro atoms. The molecule has 2 aromatic heterocycles. The molecule has 0 atom stereocenters. The Kier molecular flexibility index (Phi) is 4.89. The summed E-state index contributed by atoms with van der Waals surface area (Å²) in [6.07, 6.45) is 4.29. The molecule has 156 valence electrons. The molecule has 3 heterocycles. The molecule has 0 amide bonds. The van der Waals surface area contributed by atoms with Gasteiger partial charge in [0.25, 0.3) is 0 Å². The van der Waals surface area contributed by atoms with E-state index in [2.05, 4.69) is 45.0 Å². The molecule has 0 radical (unpaired) electrons. The largest absolute Gasteiger partial charge is 0.586 e. The normalized spacial score (nSPS) is 15.9. The van der Waals surface area contributed by atoms with Gasteiger partial charge in [-0.3, -0.25) is 0 Å². The van der Waals surface area contributed by atoms with Gasteiger partial charge in [-0.15, -0.1) is 13.9 Å². The highest BCUT2D eigenvalue weighted by molar-refractivity contribution is 5.97. The van der Waals surface area contributed by atoms with Gasteiger partial charge in [-0.2, -0.15) is 4.52 Å². The van der Waals surface area contributed by atoms with Gasteiger partial charge in [0, 0.05) is 11.8 Å². The summed E-state index contributed by atoms with van der Waals surface area (Å²) in [5, 5.41) is 4.97. The second-order valence-corrected chi connectivity index (χ2v) is 7.02. The molecular formula is C21H21F2N5O2. The maximum absolute atomic E-state index is 13.5. The Morgan fingerprint density at radius 1 is 1.30 bits per heavy atom. The van der Waals surface area contributed by atoms with Gasteiger partial charge in [-0.25, -0.2) is 9.97 Å². The van der Waals surface area contributed by atoms with Gasteiger partial charge in [-0.1, -0.05) is 43.7 Å². The molecule has 3 aromatic rings. The average Bonchev–Trinajstić information content (AvgIpc) is 3.25. The minimum atomic E-state index is -3.74. The van der Waals surface area contributed by atoms with Crippen LogP contribution in [0.25, 0.3) is 16.6 Å². The van der Waals surface area contributed by atoms with Crippen LogP contribution < -0.4 is 15.2 Å². The summed E-state index contributed by atoms with van der Waals surface area (Å²) in [7, 11) is 0. The second-order valence-electron chi connectivity index (χ2n) is 7.02. The third kappa shape index (κ3) is 3.47. The third-order valence-electron chi connectivity index (χ3n) is 4.84. The van der Waals surface area contributed by atoms with Crippen molar-refractivity contribution in [2.24, 2.45) is 0 Å². The lowest BCUT2D eigenvalue weighted by Gasteiger charge is -2.06. The number of benzene rings is 1. The van der Waals surface area contributed by atoms with E-state index >= 15 is 0 Å². The van der Waals surface area contributed by atoms with E-state index in [-0.39, 0.29) is 23.0 Å². The summed E-state index contributed by atoms with van der Waals surface area (Å²) in [5.74, 6) is 0.294. The summed E-state index contributed by atoms with van der Waals surface area (Å²) in [4.78, 5) is 8.82. The predicted octanol–water partition coefficient (Wildman–Crippen LogP) is 4.58. The van der Waals surface area contributed by atoms with Crippen LogP contribution in [0, 0.1) is 0 Å². The Labute approximate surface area is 171 Å². The van der Waals surface area contributed by atoms with Crippen molar-refractivity contribution in [1.82, 2.24) is 19.6 Å². The molecule has 0 bridgehead atoms. The van der Waals surface area contributed by atoms with Gasteiger partial charge in [0.05, 0.1) is 0 Å². The average molecular weight is 413 g/mol. The van der Waals surface area contributed by atoms with Crippen LogP contribution in [0.1, 0.15) is 32.5 Å².